The van der Waals surface area contributed by atoms with Crippen LogP contribution in [0.3, 0.4) is 0 Å². The van der Waals surface area contributed by atoms with Crippen molar-refractivity contribution in [1.82, 2.24) is 15.2 Å². The van der Waals surface area contributed by atoms with E-state index in [-0.39, 0.29) is 13.1 Å². The summed E-state index contributed by atoms with van der Waals surface area (Å²) in [6.45, 7) is -0.906. The van der Waals surface area contributed by atoms with Gasteiger partial charge in [-0.05, 0) is 6.07 Å². The van der Waals surface area contributed by atoms with Crippen molar-refractivity contribution in [1.29, 1.82) is 0 Å². The summed E-state index contributed by atoms with van der Waals surface area (Å²) in [5.74, 6) is -0.482. The minimum Gasteiger partial charge on any atom is -0.465 e. The number of rotatable bonds is 2. The number of alkyl halides is 3. The van der Waals surface area contributed by atoms with Gasteiger partial charge in [0.05, 0.1) is 18.2 Å². The third-order valence-electron chi connectivity index (χ3n) is 4.14. The quantitative estimate of drug-likeness (QED) is 0.813. The number of benzene rings is 1. The number of carbonyl (C=O) groups is 2. The number of nitrogens with one attached hydrogen (secondary N) is 2. The van der Waals surface area contributed by atoms with Gasteiger partial charge in [-0.3, -0.25) is 0 Å². The summed E-state index contributed by atoms with van der Waals surface area (Å²) in [6.07, 6.45) is -3.99. The zero-order valence-corrected chi connectivity index (χ0v) is 13.4. The number of hydrogen-bond acceptors (Lipinski definition) is 3. The largest absolute Gasteiger partial charge is 0.465 e. The Morgan fingerprint density at radius 1 is 1.36 bits per heavy atom. The molecule has 25 heavy (non-hydrogen) atoms. The molecule has 2 amide bonds. The van der Waals surface area contributed by atoms with E-state index in [2.05, 4.69) is 4.98 Å². The van der Waals surface area contributed by atoms with Crippen molar-refractivity contribution in [2.24, 2.45) is 0 Å². The van der Waals surface area contributed by atoms with E-state index in [9.17, 15) is 22.8 Å². The van der Waals surface area contributed by atoms with Gasteiger partial charge in [-0.1, -0.05) is 12.1 Å². The fourth-order valence-electron chi connectivity index (χ4n) is 2.98. The van der Waals surface area contributed by atoms with Crippen molar-refractivity contribution < 1.29 is 27.5 Å². The van der Waals surface area contributed by atoms with Crippen LogP contribution in [0.15, 0.2) is 18.2 Å². The lowest BCUT2D eigenvalue weighted by atomic mass is 10.0. The normalized spacial score (nSPS) is 14.3. The molecule has 2 aromatic rings. The van der Waals surface area contributed by atoms with Gasteiger partial charge in [0.2, 0.25) is 0 Å². The van der Waals surface area contributed by atoms with E-state index in [1.807, 2.05) is 5.32 Å². The molecule has 1 aromatic carbocycles. The van der Waals surface area contributed by atoms with Crippen molar-refractivity contribution in [3.05, 3.63) is 35.0 Å². The third-order valence-corrected chi connectivity index (χ3v) is 4.14. The molecule has 6 nitrogen and oxygen atoms in total. The van der Waals surface area contributed by atoms with Crippen LogP contribution in [0.4, 0.5) is 18.0 Å². The topological polar surface area (TPSA) is 74.4 Å². The number of methoxy groups -OCH3 is 1. The highest BCUT2D eigenvalue weighted by Gasteiger charge is 2.30. The number of hydrogen-bond donors (Lipinski definition) is 2. The number of aromatic nitrogens is 1. The van der Waals surface area contributed by atoms with Crippen LogP contribution in [0.1, 0.15) is 21.6 Å². The smallest absolute Gasteiger partial charge is 0.405 e. The Morgan fingerprint density at radius 2 is 2.12 bits per heavy atom. The molecule has 0 saturated heterocycles. The Hall–Kier alpha value is -2.71. The third kappa shape index (κ3) is 3.40. The van der Waals surface area contributed by atoms with Gasteiger partial charge in [0.1, 0.15) is 6.54 Å². The average molecular weight is 355 g/mol. The SMILES string of the molecule is COC(=O)c1cccc2c3c([nH]c12)CCN(C(=O)NCC(F)(F)F)C3. The van der Waals surface area contributed by atoms with Crippen molar-refractivity contribution in [2.75, 3.05) is 20.2 Å². The number of amides is 2. The lowest BCUT2D eigenvalue weighted by Crippen LogP contribution is -2.45. The number of fused-ring (bicyclic) bond motifs is 3. The Kier molecular flexibility index (Phi) is 4.32. The molecular weight excluding hydrogens is 339 g/mol. The Balaban J connectivity index is 1.86. The molecule has 3 rings (SSSR count). The van der Waals surface area contributed by atoms with Gasteiger partial charge in [-0.2, -0.15) is 13.2 Å². The van der Waals surface area contributed by atoms with Crippen molar-refractivity contribution >= 4 is 22.9 Å². The maximum absolute atomic E-state index is 12.3. The second kappa shape index (κ2) is 6.30. The van der Waals surface area contributed by atoms with Crippen molar-refractivity contribution in [2.45, 2.75) is 19.1 Å². The summed E-state index contributed by atoms with van der Waals surface area (Å²) in [4.78, 5) is 28.3. The predicted molar refractivity (Wildman–Crippen MR) is 83.2 cm³/mol. The van der Waals surface area contributed by atoms with Crippen LogP contribution < -0.4 is 5.32 Å². The number of ether oxygens (including phenoxy) is 1. The lowest BCUT2D eigenvalue weighted by Gasteiger charge is -2.27. The number of para-hydroxylation sites is 1. The molecular formula is C16H16F3N3O3. The molecule has 0 spiro atoms. The van der Waals surface area contributed by atoms with E-state index in [1.54, 1.807) is 18.2 Å². The number of urea groups is 1. The molecule has 9 heteroatoms. The van der Waals surface area contributed by atoms with E-state index in [1.165, 1.54) is 12.0 Å². The zero-order valence-electron chi connectivity index (χ0n) is 13.4. The van der Waals surface area contributed by atoms with Crippen LogP contribution in [-0.2, 0) is 17.7 Å². The number of aromatic amines is 1. The molecule has 134 valence electrons. The molecule has 1 aromatic heterocycles. The summed E-state index contributed by atoms with van der Waals surface area (Å²) in [5, 5.41) is 2.64. The van der Waals surface area contributed by atoms with Gasteiger partial charge >= 0.3 is 18.2 Å². The fraction of sp³-hybridized carbons (Fsp3) is 0.375. The zero-order chi connectivity index (χ0) is 18.2. The fourth-order valence-corrected chi connectivity index (χ4v) is 2.98. The summed E-state index contributed by atoms with van der Waals surface area (Å²) in [5.41, 5.74) is 2.65. The van der Waals surface area contributed by atoms with E-state index in [0.717, 1.165) is 16.6 Å². The molecule has 2 N–H and O–H groups in total. The Morgan fingerprint density at radius 3 is 2.80 bits per heavy atom. The van der Waals surface area contributed by atoms with E-state index in [4.69, 9.17) is 4.74 Å². The number of halogens is 3. The number of carbonyl (C=O) groups excluding carboxylic acids is 2. The molecule has 0 fully saturated rings. The highest BCUT2D eigenvalue weighted by molar-refractivity contribution is 6.04. The maximum Gasteiger partial charge on any atom is 0.405 e. The first-order chi connectivity index (χ1) is 11.8. The highest BCUT2D eigenvalue weighted by atomic mass is 19.4. The molecule has 0 radical (unpaired) electrons. The maximum atomic E-state index is 12.3. The number of H-pyrrole nitrogens is 1. The van der Waals surface area contributed by atoms with Crippen LogP contribution in [0.2, 0.25) is 0 Å². The minimum absolute atomic E-state index is 0.170. The van der Waals surface area contributed by atoms with Crippen LogP contribution >= 0.6 is 0 Å². The van der Waals surface area contributed by atoms with Gasteiger partial charge in [0.15, 0.2) is 0 Å². The summed E-state index contributed by atoms with van der Waals surface area (Å²) >= 11 is 0. The predicted octanol–water partition coefficient (Wildman–Crippen LogP) is 2.58. The second-order valence-corrected chi connectivity index (χ2v) is 5.75. The summed E-state index contributed by atoms with van der Waals surface area (Å²) in [7, 11) is 1.29. The van der Waals surface area contributed by atoms with Gasteiger partial charge in [0.25, 0.3) is 0 Å². The molecule has 0 saturated carbocycles. The van der Waals surface area contributed by atoms with Crippen LogP contribution in [0.5, 0.6) is 0 Å². The van der Waals surface area contributed by atoms with Crippen molar-refractivity contribution in [3.63, 3.8) is 0 Å². The van der Waals surface area contributed by atoms with Crippen molar-refractivity contribution in [3.8, 4) is 0 Å². The standard InChI is InChI=1S/C16H16F3N3O3/c1-25-14(23)10-4-2-3-9-11-7-22(6-5-12(11)21-13(9)10)15(24)20-8-16(17,18)19/h2-4,21H,5-8H2,1H3,(H,20,24). The summed E-state index contributed by atoms with van der Waals surface area (Å²) in [6, 6.07) is 4.37. The molecule has 1 aliphatic rings. The summed E-state index contributed by atoms with van der Waals surface area (Å²) < 4.78 is 41.5. The average Bonchev–Trinajstić information content (AvgIpc) is 2.96. The van der Waals surface area contributed by atoms with Gasteiger partial charge in [-0.25, -0.2) is 9.59 Å². The molecule has 0 atom stereocenters. The first-order valence-electron chi connectivity index (χ1n) is 7.60. The number of esters is 1. The molecule has 0 aliphatic carbocycles. The first-order valence-corrected chi connectivity index (χ1v) is 7.60. The van der Waals surface area contributed by atoms with Crippen LogP contribution in [0.25, 0.3) is 10.9 Å². The first kappa shape index (κ1) is 17.1. The molecule has 0 unspecified atom stereocenters. The monoisotopic (exact) mass is 355 g/mol. The molecule has 1 aliphatic heterocycles. The minimum atomic E-state index is -4.45. The Labute approximate surface area is 140 Å². The van der Waals surface area contributed by atoms with Crippen LogP contribution in [0, 0.1) is 0 Å². The van der Waals surface area contributed by atoms with E-state index >= 15 is 0 Å². The lowest BCUT2D eigenvalue weighted by molar-refractivity contribution is -0.123. The number of nitrogens with zero attached hydrogens (tertiary/aromatic N) is 1. The highest BCUT2D eigenvalue weighted by Crippen LogP contribution is 2.30. The Bertz CT molecular complexity index is 829. The van der Waals surface area contributed by atoms with Crippen LogP contribution in [-0.4, -0.2) is 48.3 Å². The van der Waals surface area contributed by atoms with E-state index in [0.29, 0.717) is 17.5 Å². The van der Waals surface area contributed by atoms with Gasteiger partial charge < -0.3 is 19.9 Å². The van der Waals surface area contributed by atoms with Gasteiger partial charge in [0, 0.05) is 36.2 Å². The van der Waals surface area contributed by atoms with Gasteiger partial charge in [-0.15, -0.1) is 0 Å². The second-order valence-electron chi connectivity index (χ2n) is 5.75. The molecule has 0 bridgehead atoms. The molecule has 2 heterocycles. The van der Waals surface area contributed by atoms with E-state index < -0.39 is 24.7 Å².